The summed E-state index contributed by atoms with van der Waals surface area (Å²) in [6, 6.07) is 10.7. The molecule has 2 heterocycles. The lowest BCUT2D eigenvalue weighted by molar-refractivity contribution is -0.114. The summed E-state index contributed by atoms with van der Waals surface area (Å²) >= 11 is 3.43. The highest BCUT2D eigenvalue weighted by Gasteiger charge is 2.18. The number of rotatable bonds is 4. The van der Waals surface area contributed by atoms with Crippen molar-refractivity contribution in [2.24, 2.45) is 0 Å². The van der Waals surface area contributed by atoms with Gasteiger partial charge < -0.3 is 10.6 Å². The van der Waals surface area contributed by atoms with Crippen molar-refractivity contribution in [2.75, 3.05) is 10.6 Å². The average molecular weight is 401 g/mol. The molecule has 0 unspecified atom stereocenters. The van der Waals surface area contributed by atoms with Gasteiger partial charge in [-0.15, -0.1) is 0 Å². The Bertz CT molecular complexity index is 948. The molecule has 3 aromatic rings. The van der Waals surface area contributed by atoms with Crippen molar-refractivity contribution >= 4 is 44.8 Å². The number of fused-ring (bicyclic) bond motifs is 1. The zero-order valence-electron chi connectivity index (χ0n) is 13.8. The number of carbonyl (C=O) groups excluding carboxylic acids is 2. The Morgan fingerprint density at radius 2 is 1.72 bits per heavy atom. The molecule has 0 fully saturated rings. The molecule has 2 amide bonds. The molecule has 0 aliphatic rings. The van der Waals surface area contributed by atoms with Gasteiger partial charge in [0.2, 0.25) is 5.91 Å². The van der Waals surface area contributed by atoms with Gasteiger partial charge in [-0.25, -0.2) is 4.98 Å². The van der Waals surface area contributed by atoms with E-state index in [0.717, 1.165) is 15.8 Å². The summed E-state index contributed by atoms with van der Waals surface area (Å²) in [5, 5.41) is 5.57. The predicted molar refractivity (Wildman–Crippen MR) is 101 cm³/mol. The molecule has 25 heavy (non-hydrogen) atoms. The summed E-state index contributed by atoms with van der Waals surface area (Å²) in [4.78, 5) is 28.4. The summed E-state index contributed by atoms with van der Waals surface area (Å²) in [5.41, 5.74) is 3.31. The minimum atomic E-state index is -0.227. The Kier molecular flexibility index (Phi) is 4.85. The quantitative estimate of drug-likeness (QED) is 0.697. The van der Waals surface area contributed by atoms with E-state index in [9.17, 15) is 9.59 Å². The standard InChI is InChI=1S/C18H17BrN4O2/c1-3-15-17(23-10-12(19)4-9-16(23)22-15)18(25)21-14-7-5-13(6-8-14)20-11(2)24/h4-10H,3H2,1-2H3,(H,20,24)(H,21,25). The van der Waals surface area contributed by atoms with Crippen LogP contribution in [-0.2, 0) is 11.2 Å². The number of halogens is 1. The molecule has 0 saturated heterocycles. The second-order valence-corrected chi connectivity index (χ2v) is 6.46. The van der Waals surface area contributed by atoms with E-state index in [1.54, 1.807) is 28.7 Å². The van der Waals surface area contributed by atoms with Crippen molar-refractivity contribution in [3.8, 4) is 0 Å². The van der Waals surface area contributed by atoms with Crippen LogP contribution in [0.15, 0.2) is 47.1 Å². The monoisotopic (exact) mass is 400 g/mol. The van der Waals surface area contributed by atoms with Crippen LogP contribution in [0, 0.1) is 0 Å². The maximum atomic E-state index is 12.8. The fourth-order valence-electron chi connectivity index (χ4n) is 2.58. The van der Waals surface area contributed by atoms with Gasteiger partial charge in [-0.3, -0.25) is 14.0 Å². The molecule has 1 aromatic carbocycles. The number of anilines is 2. The van der Waals surface area contributed by atoms with Crippen molar-refractivity contribution < 1.29 is 9.59 Å². The Balaban J connectivity index is 1.89. The van der Waals surface area contributed by atoms with Gasteiger partial charge in [-0.1, -0.05) is 6.92 Å². The van der Waals surface area contributed by atoms with Gasteiger partial charge in [0.1, 0.15) is 11.3 Å². The van der Waals surface area contributed by atoms with Crippen molar-refractivity contribution in [3.05, 3.63) is 58.5 Å². The summed E-state index contributed by atoms with van der Waals surface area (Å²) in [7, 11) is 0. The van der Waals surface area contributed by atoms with Crippen molar-refractivity contribution in [1.82, 2.24) is 9.38 Å². The van der Waals surface area contributed by atoms with Crippen molar-refractivity contribution in [2.45, 2.75) is 20.3 Å². The average Bonchev–Trinajstić information content (AvgIpc) is 2.94. The Morgan fingerprint density at radius 3 is 2.32 bits per heavy atom. The van der Waals surface area contributed by atoms with Crippen molar-refractivity contribution in [1.29, 1.82) is 0 Å². The molecule has 7 heteroatoms. The molecule has 2 N–H and O–H groups in total. The van der Waals surface area contributed by atoms with Gasteiger partial charge in [-0.05, 0) is 58.7 Å². The van der Waals surface area contributed by atoms with Gasteiger partial charge in [0.25, 0.3) is 5.91 Å². The number of benzene rings is 1. The summed E-state index contributed by atoms with van der Waals surface area (Å²) in [6.07, 6.45) is 2.49. The Labute approximate surface area is 153 Å². The first-order valence-electron chi connectivity index (χ1n) is 7.83. The van der Waals surface area contributed by atoms with E-state index in [1.165, 1.54) is 6.92 Å². The predicted octanol–water partition coefficient (Wildman–Crippen LogP) is 3.87. The maximum absolute atomic E-state index is 12.8. The first kappa shape index (κ1) is 17.2. The smallest absolute Gasteiger partial charge is 0.274 e. The zero-order valence-corrected chi connectivity index (χ0v) is 15.4. The summed E-state index contributed by atoms with van der Waals surface area (Å²) in [6.45, 7) is 3.42. The first-order chi connectivity index (χ1) is 12.0. The number of nitrogens with one attached hydrogen (secondary N) is 2. The molecule has 0 aliphatic carbocycles. The lowest BCUT2D eigenvalue weighted by atomic mass is 10.2. The number of carbonyl (C=O) groups is 2. The van der Waals surface area contributed by atoms with Crippen LogP contribution in [0.25, 0.3) is 5.65 Å². The van der Waals surface area contributed by atoms with Crippen LogP contribution in [0.4, 0.5) is 11.4 Å². The molecule has 0 radical (unpaired) electrons. The van der Waals surface area contributed by atoms with E-state index in [-0.39, 0.29) is 11.8 Å². The lowest BCUT2D eigenvalue weighted by Gasteiger charge is -2.08. The fraction of sp³-hybridized carbons (Fsp3) is 0.167. The molecule has 0 saturated carbocycles. The third kappa shape index (κ3) is 3.71. The molecular weight excluding hydrogens is 384 g/mol. The zero-order chi connectivity index (χ0) is 18.0. The van der Waals surface area contributed by atoms with Crippen LogP contribution in [0.2, 0.25) is 0 Å². The molecule has 0 spiro atoms. The Hall–Kier alpha value is -2.67. The van der Waals surface area contributed by atoms with Gasteiger partial charge in [0, 0.05) is 29.0 Å². The molecule has 3 rings (SSSR count). The second kappa shape index (κ2) is 7.06. The number of hydrogen-bond acceptors (Lipinski definition) is 3. The molecule has 0 bridgehead atoms. The van der Waals surface area contributed by atoms with E-state index in [2.05, 4.69) is 31.5 Å². The molecular formula is C18H17BrN4O2. The van der Waals surface area contributed by atoms with Crippen LogP contribution < -0.4 is 10.6 Å². The molecule has 0 aliphatic heterocycles. The van der Waals surface area contributed by atoms with Gasteiger partial charge in [-0.2, -0.15) is 0 Å². The van der Waals surface area contributed by atoms with Crippen LogP contribution in [0.1, 0.15) is 30.0 Å². The second-order valence-electron chi connectivity index (χ2n) is 5.55. The number of imidazole rings is 1. The van der Waals surface area contributed by atoms with Crippen LogP contribution in [0.3, 0.4) is 0 Å². The van der Waals surface area contributed by atoms with E-state index in [0.29, 0.717) is 23.5 Å². The largest absolute Gasteiger partial charge is 0.326 e. The van der Waals surface area contributed by atoms with E-state index in [4.69, 9.17) is 0 Å². The molecule has 0 atom stereocenters. The number of hydrogen-bond donors (Lipinski definition) is 2. The SMILES string of the molecule is CCc1nc2ccc(Br)cn2c1C(=O)Nc1ccc(NC(C)=O)cc1. The third-order valence-corrected chi connectivity index (χ3v) is 4.14. The molecule has 2 aromatic heterocycles. The number of aromatic nitrogens is 2. The molecule has 6 nitrogen and oxygen atoms in total. The minimum Gasteiger partial charge on any atom is -0.326 e. The van der Waals surface area contributed by atoms with Crippen molar-refractivity contribution in [3.63, 3.8) is 0 Å². The molecule has 128 valence electrons. The third-order valence-electron chi connectivity index (χ3n) is 3.67. The number of amides is 2. The number of pyridine rings is 1. The summed E-state index contributed by atoms with van der Waals surface area (Å²) in [5.74, 6) is -0.365. The number of aryl methyl sites for hydroxylation is 1. The van der Waals surface area contributed by atoms with Crippen LogP contribution >= 0.6 is 15.9 Å². The number of nitrogens with zero attached hydrogens (tertiary/aromatic N) is 2. The fourth-order valence-corrected chi connectivity index (χ4v) is 2.92. The van der Waals surface area contributed by atoms with Gasteiger partial charge in [0.05, 0.1) is 5.69 Å². The first-order valence-corrected chi connectivity index (χ1v) is 8.62. The maximum Gasteiger partial charge on any atom is 0.274 e. The van der Waals surface area contributed by atoms with E-state index in [1.807, 2.05) is 25.3 Å². The summed E-state index contributed by atoms with van der Waals surface area (Å²) < 4.78 is 2.65. The van der Waals surface area contributed by atoms with Gasteiger partial charge in [0.15, 0.2) is 0 Å². The highest BCUT2D eigenvalue weighted by Crippen LogP contribution is 2.20. The topological polar surface area (TPSA) is 75.5 Å². The van der Waals surface area contributed by atoms with E-state index < -0.39 is 0 Å². The highest BCUT2D eigenvalue weighted by molar-refractivity contribution is 9.10. The van der Waals surface area contributed by atoms with E-state index >= 15 is 0 Å². The Morgan fingerprint density at radius 1 is 1.08 bits per heavy atom. The minimum absolute atomic E-state index is 0.138. The normalized spacial score (nSPS) is 10.7. The van der Waals surface area contributed by atoms with Gasteiger partial charge >= 0.3 is 0 Å². The van der Waals surface area contributed by atoms with Crippen LogP contribution in [-0.4, -0.2) is 21.2 Å². The highest BCUT2D eigenvalue weighted by atomic mass is 79.9. The van der Waals surface area contributed by atoms with Crippen LogP contribution in [0.5, 0.6) is 0 Å². The lowest BCUT2D eigenvalue weighted by Crippen LogP contribution is -2.16.